The minimum atomic E-state index is -0.174. The van der Waals surface area contributed by atoms with Crippen molar-refractivity contribution in [1.82, 2.24) is 20.1 Å². The molecule has 1 aliphatic carbocycles. The zero-order chi connectivity index (χ0) is 17.2. The molecular formula is C18H23N5O2. The van der Waals surface area contributed by atoms with E-state index in [-0.39, 0.29) is 12.1 Å². The third-order valence-corrected chi connectivity index (χ3v) is 4.78. The molecule has 2 aliphatic rings. The molecule has 2 N–H and O–H groups in total. The van der Waals surface area contributed by atoms with Gasteiger partial charge in [0.25, 0.3) is 0 Å². The van der Waals surface area contributed by atoms with E-state index < -0.39 is 0 Å². The molecule has 1 aromatic carbocycles. The van der Waals surface area contributed by atoms with Gasteiger partial charge in [0.1, 0.15) is 6.33 Å². The first-order chi connectivity index (χ1) is 12.2. The number of hydrogen-bond acceptors (Lipinski definition) is 4. The first-order valence-electron chi connectivity index (χ1n) is 8.82. The third-order valence-electron chi connectivity index (χ3n) is 4.78. The average Bonchev–Trinajstić information content (AvgIpc) is 3.36. The van der Waals surface area contributed by atoms with E-state index in [9.17, 15) is 4.79 Å². The largest absolute Gasteiger partial charge is 0.378 e. The highest BCUT2D eigenvalue weighted by molar-refractivity contribution is 5.90. The Morgan fingerprint density at radius 1 is 1.32 bits per heavy atom. The number of ether oxygens (including phenoxy) is 1. The predicted octanol–water partition coefficient (Wildman–Crippen LogP) is 2.56. The fraction of sp³-hybridized carbons (Fsp3) is 0.500. The van der Waals surface area contributed by atoms with Gasteiger partial charge in [0.05, 0.1) is 6.10 Å². The Labute approximate surface area is 146 Å². The van der Waals surface area contributed by atoms with Gasteiger partial charge in [-0.2, -0.15) is 5.10 Å². The highest BCUT2D eigenvalue weighted by Gasteiger charge is 2.36. The minimum Gasteiger partial charge on any atom is -0.378 e. The lowest BCUT2D eigenvalue weighted by molar-refractivity contribution is -0.00889. The summed E-state index contributed by atoms with van der Waals surface area (Å²) in [6.45, 7) is 0.729. The van der Waals surface area contributed by atoms with Crippen molar-refractivity contribution in [3.05, 3.63) is 30.6 Å². The molecular weight excluding hydrogens is 318 g/mol. The number of aryl methyl sites for hydroxylation is 1. The maximum Gasteiger partial charge on any atom is 0.319 e. The molecule has 2 aromatic rings. The zero-order valence-electron chi connectivity index (χ0n) is 14.3. The summed E-state index contributed by atoms with van der Waals surface area (Å²) in [6.07, 6.45) is 6.28. The van der Waals surface area contributed by atoms with Crippen LogP contribution in [0.2, 0.25) is 0 Å². The second-order valence-corrected chi connectivity index (χ2v) is 6.89. The Bertz CT molecular complexity index is 755. The molecule has 7 nitrogen and oxygen atoms in total. The summed E-state index contributed by atoms with van der Waals surface area (Å²) in [5, 5.41) is 10.3. The summed E-state index contributed by atoms with van der Waals surface area (Å²) >= 11 is 0. The third kappa shape index (κ3) is 3.99. The van der Waals surface area contributed by atoms with Crippen molar-refractivity contribution >= 4 is 11.7 Å². The van der Waals surface area contributed by atoms with E-state index in [0.29, 0.717) is 17.8 Å². The summed E-state index contributed by atoms with van der Waals surface area (Å²) in [7, 11) is 1.83. The maximum atomic E-state index is 12.3. The molecule has 1 saturated heterocycles. The SMILES string of the molecule is Cn1cnc(-c2cccc(NC(=O)N[C@@H]3CCO[C@H](C4CC4)C3)c2)n1. The summed E-state index contributed by atoms with van der Waals surface area (Å²) in [5.74, 6) is 1.35. The standard InChI is InChI=1S/C18H23N5O2/c1-23-11-19-17(22-23)13-3-2-4-14(9-13)20-18(24)21-15-7-8-25-16(10-15)12-5-6-12/h2-4,9,11-12,15-16H,5-8,10H2,1H3,(H2,20,21,24)/t15-,16+/m1/s1. The molecule has 0 bridgehead atoms. The van der Waals surface area contributed by atoms with Crippen LogP contribution in [0.1, 0.15) is 25.7 Å². The molecule has 25 heavy (non-hydrogen) atoms. The Morgan fingerprint density at radius 3 is 2.96 bits per heavy atom. The van der Waals surface area contributed by atoms with Crippen LogP contribution in [-0.2, 0) is 11.8 Å². The van der Waals surface area contributed by atoms with Crippen molar-refractivity contribution in [3.8, 4) is 11.4 Å². The van der Waals surface area contributed by atoms with Gasteiger partial charge in [-0.15, -0.1) is 0 Å². The Balaban J connectivity index is 1.36. The summed E-state index contributed by atoms with van der Waals surface area (Å²) < 4.78 is 7.47. The highest BCUT2D eigenvalue weighted by Crippen LogP contribution is 2.38. The minimum absolute atomic E-state index is 0.174. The van der Waals surface area contributed by atoms with Crippen LogP contribution in [-0.4, -0.2) is 39.5 Å². The van der Waals surface area contributed by atoms with Gasteiger partial charge in [0.2, 0.25) is 0 Å². The number of benzene rings is 1. The molecule has 2 fully saturated rings. The number of aromatic nitrogens is 3. The number of carbonyl (C=O) groups is 1. The van der Waals surface area contributed by atoms with Crippen molar-refractivity contribution < 1.29 is 9.53 Å². The monoisotopic (exact) mass is 341 g/mol. The van der Waals surface area contributed by atoms with E-state index in [4.69, 9.17) is 4.74 Å². The van der Waals surface area contributed by atoms with Crippen LogP contribution in [0.25, 0.3) is 11.4 Å². The second-order valence-electron chi connectivity index (χ2n) is 6.89. The first kappa shape index (κ1) is 16.1. The molecule has 0 unspecified atom stereocenters. The van der Waals surface area contributed by atoms with Gasteiger partial charge >= 0.3 is 6.03 Å². The maximum absolute atomic E-state index is 12.3. The van der Waals surface area contributed by atoms with Crippen molar-refractivity contribution in [2.75, 3.05) is 11.9 Å². The van der Waals surface area contributed by atoms with E-state index >= 15 is 0 Å². The summed E-state index contributed by atoms with van der Waals surface area (Å²) in [5.41, 5.74) is 1.60. The molecule has 0 spiro atoms. The van der Waals surface area contributed by atoms with Crippen LogP contribution >= 0.6 is 0 Å². The molecule has 2 heterocycles. The van der Waals surface area contributed by atoms with E-state index in [1.54, 1.807) is 11.0 Å². The van der Waals surface area contributed by atoms with E-state index in [1.807, 2.05) is 31.3 Å². The van der Waals surface area contributed by atoms with Gasteiger partial charge in [-0.05, 0) is 43.7 Å². The Hall–Kier alpha value is -2.41. The lowest BCUT2D eigenvalue weighted by Crippen LogP contribution is -2.44. The molecule has 2 atom stereocenters. The molecule has 1 aliphatic heterocycles. The number of carbonyl (C=O) groups excluding carboxylic acids is 1. The molecule has 1 saturated carbocycles. The lowest BCUT2D eigenvalue weighted by Gasteiger charge is -2.30. The van der Waals surface area contributed by atoms with Crippen molar-refractivity contribution in [1.29, 1.82) is 0 Å². The van der Waals surface area contributed by atoms with Crippen LogP contribution in [0.5, 0.6) is 0 Å². The number of hydrogen-bond donors (Lipinski definition) is 2. The average molecular weight is 341 g/mol. The summed E-state index contributed by atoms with van der Waals surface area (Å²) in [6, 6.07) is 7.57. The van der Waals surface area contributed by atoms with Crippen LogP contribution < -0.4 is 10.6 Å². The van der Waals surface area contributed by atoms with Gasteiger partial charge < -0.3 is 15.4 Å². The topological polar surface area (TPSA) is 81.1 Å². The Morgan fingerprint density at radius 2 is 2.20 bits per heavy atom. The zero-order valence-corrected chi connectivity index (χ0v) is 14.3. The molecule has 4 rings (SSSR count). The van der Waals surface area contributed by atoms with Crippen molar-refractivity contribution in [2.45, 2.75) is 37.8 Å². The second kappa shape index (κ2) is 6.84. The molecule has 132 valence electrons. The van der Waals surface area contributed by atoms with Crippen molar-refractivity contribution in [2.24, 2.45) is 13.0 Å². The van der Waals surface area contributed by atoms with E-state index in [0.717, 1.165) is 30.7 Å². The van der Waals surface area contributed by atoms with Crippen LogP contribution in [0.3, 0.4) is 0 Å². The smallest absolute Gasteiger partial charge is 0.319 e. The van der Waals surface area contributed by atoms with Crippen LogP contribution in [0.4, 0.5) is 10.5 Å². The molecule has 1 aromatic heterocycles. The highest BCUT2D eigenvalue weighted by atomic mass is 16.5. The number of anilines is 1. The van der Waals surface area contributed by atoms with Crippen LogP contribution in [0.15, 0.2) is 30.6 Å². The van der Waals surface area contributed by atoms with Gasteiger partial charge in [-0.3, -0.25) is 4.68 Å². The first-order valence-corrected chi connectivity index (χ1v) is 8.82. The predicted molar refractivity (Wildman–Crippen MR) is 94.1 cm³/mol. The van der Waals surface area contributed by atoms with Gasteiger partial charge in [0.15, 0.2) is 5.82 Å². The van der Waals surface area contributed by atoms with Crippen LogP contribution in [0, 0.1) is 5.92 Å². The van der Waals surface area contributed by atoms with E-state index in [2.05, 4.69) is 20.7 Å². The number of nitrogens with one attached hydrogen (secondary N) is 2. The van der Waals surface area contributed by atoms with Gasteiger partial charge in [-0.25, -0.2) is 9.78 Å². The lowest BCUT2D eigenvalue weighted by atomic mass is 10.0. The quantitative estimate of drug-likeness (QED) is 0.895. The normalized spacial score (nSPS) is 23.2. The van der Waals surface area contributed by atoms with E-state index in [1.165, 1.54) is 12.8 Å². The molecule has 2 amide bonds. The summed E-state index contributed by atoms with van der Waals surface area (Å²) in [4.78, 5) is 16.6. The van der Waals surface area contributed by atoms with Crippen molar-refractivity contribution in [3.63, 3.8) is 0 Å². The van der Waals surface area contributed by atoms with Gasteiger partial charge in [-0.1, -0.05) is 12.1 Å². The Kier molecular flexibility index (Phi) is 4.40. The fourth-order valence-corrected chi connectivity index (χ4v) is 3.32. The number of nitrogens with zero attached hydrogens (tertiary/aromatic N) is 3. The molecule has 7 heteroatoms. The molecule has 0 radical (unpaired) electrons. The fourth-order valence-electron chi connectivity index (χ4n) is 3.32. The number of amides is 2. The number of urea groups is 1. The van der Waals surface area contributed by atoms with Gasteiger partial charge in [0, 0.05) is 30.9 Å². The number of rotatable bonds is 4.